The number of rotatable bonds is 11. The average molecular weight is 664 g/mol. The van der Waals surface area contributed by atoms with Gasteiger partial charge < -0.3 is 30.5 Å². The van der Waals surface area contributed by atoms with E-state index in [9.17, 15) is 24.3 Å². The van der Waals surface area contributed by atoms with Crippen molar-refractivity contribution in [1.82, 2.24) is 26.8 Å². The number of alkyl carbamates (subject to hydrolysis) is 2. The van der Waals surface area contributed by atoms with E-state index in [0.29, 0.717) is 0 Å². The average Bonchev–Trinajstić information content (AvgIpc) is 2.84. The van der Waals surface area contributed by atoms with Gasteiger partial charge in [-0.25, -0.2) is 15.0 Å². The first kappa shape index (κ1) is 34.4. The first-order valence-corrected chi connectivity index (χ1v) is 13.5. The summed E-state index contributed by atoms with van der Waals surface area (Å²) in [7, 11) is 2.41. The van der Waals surface area contributed by atoms with Crippen molar-refractivity contribution in [3.63, 3.8) is 0 Å². The topological polar surface area (TPSA) is 167 Å². The van der Waals surface area contributed by atoms with Crippen molar-refractivity contribution in [2.45, 2.75) is 72.2 Å². The van der Waals surface area contributed by atoms with E-state index in [1.54, 1.807) is 41.5 Å². The van der Waals surface area contributed by atoms with Crippen LogP contribution in [-0.2, 0) is 25.5 Å². The summed E-state index contributed by atoms with van der Waals surface area (Å²) in [5.41, 5.74) is 4.78. The van der Waals surface area contributed by atoms with Gasteiger partial charge in [0.25, 0.3) is 5.91 Å². The molecule has 0 spiro atoms. The highest BCUT2D eigenvalue weighted by Crippen LogP contribution is 2.21. The van der Waals surface area contributed by atoms with Crippen LogP contribution in [0.1, 0.15) is 47.1 Å². The summed E-state index contributed by atoms with van der Waals surface area (Å²) in [4.78, 5) is 49.6. The molecule has 0 fully saturated rings. The number of aliphatic hydroxyl groups excluding tert-OH is 1. The Hall–Kier alpha value is -2.65. The number of benzene rings is 1. The van der Waals surface area contributed by atoms with Gasteiger partial charge in [0.1, 0.15) is 12.1 Å². The zero-order valence-corrected chi connectivity index (χ0v) is 26.0. The summed E-state index contributed by atoms with van der Waals surface area (Å²) >= 11 is 2.18. The Labute approximate surface area is 243 Å². The van der Waals surface area contributed by atoms with Crippen molar-refractivity contribution >= 4 is 46.6 Å². The van der Waals surface area contributed by atoms with Crippen LogP contribution in [-0.4, -0.2) is 74.1 Å². The molecule has 220 valence electrons. The number of hydrazine groups is 1. The van der Waals surface area contributed by atoms with Gasteiger partial charge in [0.2, 0.25) is 5.91 Å². The molecule has 0 saturated carbocycles. The lowest BCUT2D eigenvalue weighted by Gasteiger charge is -2.33. The lowest BCUT2D eigenvalue weighted by Crippen LogP contribution is -2.60. The van der Waals surface area contributed by atoms with Gasteiger partial charge >= 0.3 is 12.2 Å². The Kier molecular flexibility index (Phi) is 13.4. The van der Waals surface area contributed by atoms with Gasteiger partial charge in [-0.05, 0) is 57.5 Å². The van der Waals surface area contributed by atoms with E-state index in [4.69, 9.17) is 0 Å². The summed E-state index contributed by atoms with van der Waals surface area (Å²) in [6.07, 6.45) is -2.37. The van der Waals surface area contributed by atoms with Gasteiger partial charge in [0, 0.05) is 10.1 Å². The fourth-order valence-electron chi connectivity index (χ4n) is 3.59. The molecule has 0 aliphatic heterocycles. The number of amides is 4. The number of hydrogen-bond donors (Lipinski definition) is 6. The van der Waals surface area contributed by atoms with Gasteiger partial charge in [0.15, 0.2) is 0 Å². The third-order valence-electron chi connectivity index (χ3n) is 5.84. The van der Waals surface area contributed by atoms with Crippen LogP contribution in [0.5, 0.6) is 0 Å². The van der Waals surface area contributed by atoms with Crippen molar-refractivity contribution in [1.29, 1.82) is 0 Å². The maximum atomic E-state index is 13.3. The van der Waals surface area contributed by atoms with Crippen LogP contribution in [0.2, 0.25) is 0 Å². The Morgan fingerprint density at radius 3 is 1.72 bits per heavy atom. The summed E-state index contributed by atoms with van der Waals surface area (Å²) in [6, 6.07) is 4.97. The molecule has 6 N–H and O–H groups in total. The summed E-state index contributed by atoms with van der Waals surface area (Å²) in [6.45, 7) is 10.6. The molecular formula is C26H42IN5O7. The number of methoxy groups -OCH3 is 2. The highest BCUT2D eigenvalue weighted by Gasteiger charge is 2.36. The molecule has 0 saturated heterocycles. The van der Waals surface area contributed by atoms with Crippen LogP contribution < -0.4 is 26.8 Å². The Balaban J connectivity index is 3.04. The quantitative estimate of drug-likeness (QED) is 0.154. The minimum absolute atomic E-state index is 0.124. The molecule has 4 amide bonds. The molecule has 39 heavy (non-hydrogen) atoms. The molecule has 1 aromatic rings. The second-order valence-electron chi connectivity index (χ2n) is 11.3. The minimum atomic E-state index is -1.14. The number of hydrogen-bond acceptors (Lipinski definition) is 8. The second kappa shape index (κ2) is 15.2. The number of aliphatic hydroxyl groups is 1. The molecule has 0 bridgehead atoms. The van der Waals surface area contributed by atoms with Crippen molar-refractivity contribution in [2.75, 3.05) is 20.8 Å². The molecule has 4 atom stereocenters. The molecule has 0 heterocycles. The molecule has 0 aromatic heterocycles. The highest BCUT2D eigenvalue weighted by atomic mass is 127. The number of nitrogens with one attached hydrogen (secondary N) is 5. The molecule has 12 nitrogen and oxygen atoms in total. The number of halogens is 1. The molecule has 13 heteroatoms. The van der Waals surface area contributed by atoms with Crippen molar-refractivity contribution in [2.24, 2.45) is 10.8 Å². The summed E-state index contributed by atoms with van der Waals surface area (Å²) < 4.78 is 10.3. The largest absolute Gasteiger partial charge is 0.453 e. The Morgan fingerprint density at radius 1 is 0.821 bits per heavy atom. The predicted octanol–water partition coefficient (Wildman–Crippen LogP) is 1.84. The van der Waals surface area contributed by atoms with Crippen LogP contribution in [0.25, 0.3) is 0 Å². The maximum absolute atomic E-state index is 13.3. The first-order chi connectivity index (χ1) is 18.0. The van der Waals surface area contributed by atoms with Crippen molar-refractivity contribution in [3.05, 3.63) is 33.4 Å². The molecule has 0 radical (unpaired) electrons. The van der Waals surface area contributed by atoms with E-state index >= 15 is 0 Å². The van der Waals surface area contributed by atoms with Crippen LogP contribution in [0.4, 0.5) is 9.59 Å². The monoisotopic (exact) mass is 663 g/mol. The van der Waals surface area contributed by atoms with Gasteiger partial charge in [-0.1, -0.05) is 53.7 Å². The van der Waals surface area contributed by atoms with Crippen molar-refractivity contribution < 1.29 is 33.8 Å². The second-order valence-corrected chi connectivity index (χ2v) is 12.5. The van der Waals surface area contributed by atoms with Gasteiger partial charge in [0.05, 0.1) is 26.4 Å². The van der Waals surface area contributed by atoms with E-state index in [-0.39, 0.29) is 13.0 Å². The van der Waals surface area contributed by atoms with E-state index in [0.717, 1.165) is 9.13 Å². The normalized spacial score (nSPS) is 14.7. The SMILES string of the molecule is COC(=O)N[C@H](C(=O)NNC[C@H](O)[C@H](Cc1ccc(I)cc1)NC(=O)[C@@H](NC(=O)OC)C(C)(C)C)C(C)(C)C. The number of carbonyl (C=O) groups excluding carboxylic acids is 4. The van der Waals surface area contributed by atoms with Crippen LogP contribution in [0, 0.1) is 14.4 Å². The zero-order chi connectivity index (χ0) is 30.0. The zero-order valence-electron chi connectivity index (χ0n) is 23.8. The number of carbonyl (C=O) groups is 4. The predicted molar refractivity (Wildman–Crippen MR) is 155 cm³/mol. The molecule has 0 aliphatic carbocycles. The smallest absolute Gasteiger partial charge is 0.407 e. The van der Waals surface area contributed by atoms with Gasteiger partial charge in [-0.2, -0.15) is 0 Å². The Morgan fingerprint density at radius 2 is 1.28 bits per heavy atom. The van der Waals surface area contributed by atoms with Gasteiger partial charge in [-0.3, -0.25) is 15.0 Å². The fraction of sp³-hybridized carbons (Fsp3) is 0.615. The minimum Gasteiger partial charge on any atom is -0.453 e. The maximum Gasteiger partial charge on any atom is 0.407 e. The van der Waals surface area contributed by atoms with Crippen LogP contribution in [0.15, 0.2) is 24.3 Å². The third-order valence-corrected chi connectivity index (χ3v) is 6.55. The van der Waals surface area contributed by atoms with Crippen LogP contribution in [0.3, 0.4) is 0 Å². The van der Waals surface area contributed by atoms with E-state index < -0.39 is 59.1 Å². The highest BCUT2D eigenvalue weighted by molar-refractivity contribution is 14.1. The Bertz CT molecular complexity index is 976. The molecule has 0 unspecified atom stereocenters. The summed E-state index contributed by atoms with van der Waals surface area (Å²) in [5.74, 6) is -1.03. The standard InChI is InChI=1S/C26H42IN5O7/c1-25(2,3)19(30-23(36)38-7)21(34)29-17(13-15-9-11-16(27)12-10-15)18(33)14-28-32-22(35)20(26(4,5)6)31-24(37)39-8/h9-12,17-20,28,33H,13-14H2,1-8H3,(H,29,34)(H,30,36)(H,31,37)(H,32,35)/t17-,18-,19+,20+/m0/s1. The van der Waals surface area contributed by atoms with E-state index in [1.165, 1.54) is 14.2 Å². The summed E-state index contributed by atoms with van der Waals surface area (Å²) in [5, 5.41) is 19.0. The first-order valence-electron chi connectivity index (χ1n) is 12.4. The molecule has 0 aliphatic rings. The molecule has 1 rings (SSSR count). The van der Waals surface area contributed by atoms with Crippen molar-refractivity contribution in [3.8, 4) is 0 Å². The lowest BCUT2D eigenvalue weighted by atomic mass is 9.85. The van der Waals surface area contributed by atoms with E-state index in [1.807, 2.05) is 24.3 Å². The molecule has 1 aromatic carbocycles. The van der Waals surface area contributed by atoms with Gasteiger partial charge in [-0.15, -0.1) is 0 Å². The number of ether oxygens (including phenoxy) is 2. The lowest BCUT2D eigenvalue weighted by molar-refractivity contribution is -0.128. The third kappa shape index (κ3) is 12.0. The fourth-order valence-corrected chi connectivity index (χ4v) is 3.94. The van der Waals surface area contributed by atoms with Crippen LogP contribution >= 0.6 is 22.6 Å². The van der Waals surface area contributed by atoms with E-state index in [2.05, 4.69) is 58.9 Å². The molecular weight excluding hydrogens is 621 g/mol.